The maximum Gasteiger partial charge on any atom is 0.0931 e. The van der Waals surface area contributed by atoms with Crippen LogP contribution in [0.3, 0.4) is 0 Å². The number of nitrogens with zero attached hydrogens (tertiary/aromatic N) is 3. The molecule has 0 amide bonds. The summed E-state index contributed by atoms with van der Waals surface area (Å²) in [6, 6.07) is 3.78. The normalized spacial score (nSPS) is 19.9. The summed E-state index contributed by atoms with van der Waals surface area (Å²) in [4.78, 5) is 8.70. The second-order valence-corrected chi connectivity index (χ2v) is 4.73. The Morgan fingerprint density at radius 2 is 2.00 bits per heavy atom. The third kappa shape index (κ3) is 3.74. The summed E-state index contributed by atoms with van der Waals surface area (Å²) in [6.45, 7) is 6.45. The first-order chi connectivity index (χ1) is 8.79. The van der Waals surface area contributed by atoms with Crippen molar-refractivity contribution in [3.05, 3.63) is 30.1 Å². The number of piperazine rings is 1. The summed E-state index contributed by atoms with van der Waals surface area (Å²) in [5.41, 5.74) is 6.44. The molecule has 1 aliphatic rings. The molecule has 1 atom stereocenters. The molecule has 18 heavy (non-hydrogen) atoms. The van der Waals surface area contributed by atoms with Gasteiger partial charge in [-0.25, -0.2) is 0 Å². The lowest BCUT2D eigenvalue weighted by Gasteiger charge is -2.35. The number of aromatic nitrogens is 1. The van der Waals surface area contributed by atoms with E-state index in [9.17, 15) is 5.11 Å². The van der Waals surface area contributed by atoms with Crippen LogP contribution in [0.4, 0.5) is 0 Å². The first kappa shape index (κ1) is 13.4. The van der Waals surface area contributed by atoms with Crippen LogP contribution in [0, 0.1) is 0 Å². The van der Waals surface area contributed by atoms with Gasteiger partial charge >= 0.3 is 0 Å². The Labute approximate surface area is 108 Å². The summed E-state index contributed by atoms with van der Waals surface area (Å²) < 4.78 is 0. The monoisotopic (exact) mass is 250 g/mol. The van der Waals surface area contributed by atoms with E-state index in [0.29, 0.717) is 6.54 Å². The zero-order chi connectivity index (χ0) is 12.8. The Bertz CT molecular complexity index is 338. The van der Waals surface area contributed by atoms with E-state index in [1.165, 1.54) is 0 Å². The second kappa shape index (κ2) is 6.80. The Morgan fingerprint density at radius 3 is 2.61 bits per heavy atom. The van der Waals surface area contributed by atoms with Gasteiger partial charge < -0.3 is 10.8 Å². The number of aliphatic hydroxyl groups is 1. The summed E-state index contributed by atoms with van der Waals surface area (Å²) in [5, 5.41) is 10.1. The summed E-state index contributed by atoms with van der Waals surface area (Å²) in [5.74, 6) is 0. The Balaban J connectivity index is 1.78. The van der Waals surface area contributed by atoms with E-state index in [1.54, 1.807) is 12.4 Å². The Morgan fingerprint density at radius 1 is 1.28 bits per heavy atom. The van der Waals surface area contributed by atoms with Crippen molar-refractivity contribution in [3.8, 4) is 0 Å². The zero-order valence-electron chi connectivity index (χ0n) is 10.7. The highest BCUT2D eigenvalue weighted by Crippen LogP contribution is 2.13. The number of nitrogens with two attached hydrogens (primary N) is 1. The van der Waals surface area contributed by atoms with E-state index in [2.05, 4.69) is 14.8 Å². The number of hydrogen-bond acceptors (Lipinski definition) is 5. The quantitative estimate of drug-likeness (QED) is 0.750. The van der Waals surface area contributed by atoms with E-state index in [1.807, 2.05) is 12.1 Å². The summed E-state index contributed by atoms with van der Waals surface area (Å²) >= 11 is 0. The van der Waals surface area contributed by atoms with Gasteiger partial charge in [0.1, 0.15) is 0 Å². The van der Waals surface area contributed by atoms with Crippen LogP contribution in [0.2, 0.25) is 0 Å². The average Bonchev–Trinajstić information content (AvgIpc) is 2.42. The van der Waals surface area contributed by atoms with Crippen LogP contribution in [-0.4, -0.2) is 65.7 Å². The van der Waals surface area contributed by atoms with Crippen molar-refractivity contribution in [1.29, 1.82) is 0 Å². The smallest absolute Gasteiger partial charge is 0.0931 e. The van der Waals surface area contributed by atoms with Crippen molar-refractivity contribution < 1.29 is 5.11 Å². The van der Waals surface area contributed by atoms with Gasteiger partial charge in [-0.05, 0) is 6.07 Å². The SMILES string of the molecule is NCCN1CCN(CC(O)c2cccnc2)CC1. The minimum atomic E-state index is -0.445. The van der Waals surface area contributed by atoms with E-state index < -0.39 is 6.10 Å². The number of pyridine rings is 1. The van der Waals surface area contributed by atoms with E-state index in [-0.39, 0.29) is 0 Å². The molecule has 0 aromatic carbocycles. The number of aliphatic hydroxyl groups excluding tert-OH is 1. The molecule has 0 radical (unpaired) electrons. The van der Waals surface area contributed by atoms with Crippen molar-refractivity contribution in [2.24, 2.45) is 5.73 Å². The van der Waals surface area contributed by atoms with Gasteiger partial charge in [0.15, 0.2) is 0 Å². The van der Waals surface area contributed by atoms with Crippen molar-refractivity contribution in [1.82, 2.24) is 14.8 Å². The number of β-amino-alcohol motifs (C(OH)–C–C–N with tert-alkyl or cyclic N) is 1. The summed E-state index contributed by atoms with van der Waals surface area (Å²) in [7, 11) is 0. The summed E-state index contributed by atoms with van der Waals surface area (Å²) in [6.07, 6.45) is 3.01. The lowest BCUT2D eigenvalue weighted by molar-refractivity contribution is 0.0734. The van der Waals surface area contributed by atoms with Crippen LogP contribution in [0.15, 0.2) is 24.5 Å². The van der Waals surface area contributed by atoms with Gasteiger partial charge in [0, 0.05) is 63.8 Å². The number of rotatable bonds is 5. The molecule has 0 spiro atoms. The fraction of sp³-hybridized carbons (Fsp3) is 0.615. The van der Waals surface area contributed by atoms with Gasteiger partial charge in [0.25, 0.3) is 0 Å². The fourth-order valence-corrected chi connectivity index (χ4v) is 2.30. The molecule has 0 aliphatic carbocycles. The van der Waals surface area contributed by atoms with Crippen molar-refractivity contribution >= 4 is 0 Å². The van der Waals surface area contributed by atoms with Crippen LogP contribution >= 0.6 is 0 Å². The Kier molecular flexibility index (Phi) is 5.07. The van der Waals surface area contributed by atoms with Crippen molar-refractivity contribution in [3.63, 3.8) is 0 Å². The topological polar surface area (TPSA) is 65.6 Å². The first-order valence-electron chi connectivity index (χ1n) is 6.52. The molecule has 2 rings (SSSR count). The standard InChI is InChI=1S/C13H22N4O/c14-3-5-16-6-8-17(9-7-16)11-13(18)12-2-1-4-15-10-12/h1-2,4,10,13,18H,3,5-9,11,14H2. The number of hydrogen-bond donors (Lipinski definition) is 2. The van der Waals surface area contributed by atoms with Gasteiger partial charge in [-0.2, -0.15) is 0 Å². The highest BCUT2D eigenvalue weighted by atomic mass is 16.3. The highest BCUT2D eigenvalue weighted by molar-refractivity contribution is 5.12. The van der Waals surface area contributed by atoms with Gasteiger partial charge in [-0.15, -0.1) is 0 Å². The van der Waals surface area contributed by atoms with Crippen LogP contribution in [0.1, 0.15) is 11.7 Å². The molecule has 100 valence electrons. The minimum absolute atomic E-state index is 0.445. The molecule has 5 nitrogen and oxygen atoms in total. The molecule has 1 saturated heterocycles. The van der Waals surface area contributed by atoms with Gasteiger partial charge in [-0.1, -0.05) is 6.07 Å². The van der Waals surface area contributed by atoms with Crippen LogP contribution in [0.5, 0.6) is 0 Å². The minimum Gasteiger partial charge on any atom is -0.387 e. The second-order valence-electron chi connectivity index (χ2n) is 4.73. The largest absolute Gasteiger partial charge is 0.387 e. The Hall–Kier alpha value is -1.01. The van der Waals surface area contributed by atoms with E-state index in [0.717, 1.165) is 44.8 Å². The molecule has 3 N–H and O–H groups in total. The van der Waals surface area contributed by atoms with Crippen molar-refractivity contribution in [2.45, 2.75) is 6.10 Å². The van der Waals surface area contributed by atoms with Gasteiger partial charge in [0.05, 0.1) is 6.10 Å². The molecule has 5 heteroatoms. The maximum absolute atomic E-state index is 10.1. The predicted octanol–water partition coefficient (Wildman–Crippen LogP) is -0.309. The fourth-order valence-electron chi connectivity index (χ4n) is 2.30. The third-order valence-electron chi connectivity index (χ3n) is 3.41. The van der Waals surface area contributed by atoms with Crippen molar-refractivity contribution in [2.75, 3.05) is 45.8 Å². The van der Waals surface area contributed by atoms with Gasteiger partial charge in [-0.3, -0.25) is 14.8 Å². The molecule has 0 bridgehead atoms. The molecule has 1 aromatic rings. The maximum atomic E-state index is 10.1. The van der Waals surface area contributed by atoms with Gasteiger partial charge in [0.2, 0.25) is 0 Å². The van der Waals surface area contributed by atoms with Crippen LogP contribution in [-0.2, 0) is 0 Å². The molecule has 1 fully saturated rings. The molecule has 2 heterocycles. The van der Waals surface area contributed by atoms with Crippen LogP contribution < -0.4 is 5.73 Å². The van der Waals surface area contributed by atoms with Crippen LogP contribution in [0.25, 0.3) is 0 Å². The first-order valence-corrected chi connectivity index (χ1v) is 6.52. The molecule has 1 aromatic heterocycles. The molecule has 1 unspecified atom stereocenters. The molecular formula is C13H22N4O. The lowest BCUT2D eigenvalue weighted by atomic mass is 10.1. The van der Waals surface area contributed by atoms with E-state index in [4.69, 9.17) is 5.73 Å². The average molecular weight is 250 g/mol. The zero-order valence-corrected chi connectivity index (χ0v) is 10.7. The molecular weight excluding hydrogens is 228 g/mol. The van der Waals surface area contributed by atoms with E-state index >= 15 is 0 Å². The molecule has 1 aliphatic heterocycles. The third-order valence-corrected chi connectivity index (χ3v) is 3.41. The molecule has 0 saturated carbocycles. The highest BCUT2D eigenvalue weighted by Gasteiger charge is 2.19. The predicted molar refractivity (Wildman–Crippen MR) is 71.1 cm³/mol. The lowest BCUT2D eigenvalue weighted by Crippen LogP contribution is -2.48.